The van der Waals surface area contributed by atoms with E-state index in [1.807, 2.05) is 30.5 Å². The van der Waals surface area contributed by atoms with E-state index in [1.54, 1.807) is 11.3 Å². The fraction of sp³-hybridized carbons (Fsp3) is 0.214. The van der Waals surface area contributed by atoms with Crippen molar-refractivity contribution in [3.63, 3.8) is 0 Å². The van der Waals surface area contributed by atoms with Gasteiger partial charge in [-0.15, -0.1) is 11.3 Å². The minimum atomic E-state index is 0.767. The molecule has 0 aromatic carbocycles. The van der Waals surface area contributed by atoms with Crippen LogP contribution < -0.4 is 4.90 Å². The van der Waals surface area contributed by atoms with Crippen molar-refractivity contribution in [1.82, 2.24) is 9.38 Å². The first-order valence-corrected chi connectivity index (χ1v) is 8.48. The summed E-state index contributed by atoms with van der Waals surface area (Å²) in [5.41, 5.74) is 2.12. The van der Waals surface area contributed by atoms with Crippen molar-refractivity contribution < 1.29 is 0 Å². The second-order valence-electron chi connectivity index (χ2n) is 4.51. The Kier molecular flexibility index (Phi) is 4.01. The summed E-state index contributed by atoms with van der Waals surface area (Å²) < 4.78 is 2.94. The lowest BCUT2D eigenvalue weighted by Crippen LogP contribution is -2.17. The summed E-state index contributed by atoms with van der Waals surface area (Å²) in [5.74, 6) is 0.998. The molecule has 0 radical (unpaired) electrons. The second-order valence-corrected chi connectivity index (χ2v) is 6.87. The molecule has 0 fully saturated rings. The number of thiophene rings is 1. The van der Waals surface area contributed by atoms with Crippen LogP contribution in [-0.2, 0) is 11.9 Å². The topological polar surface area (TPSA) is 20.5 Å². The normalized spacial score (nSPS) is 11.2. The number of fused-ring (bicyclic) bond motifs is 1. The molecule has 3 nitrogen and oxygen atoms in total. The monoisotopic (exact) mass is 369 g/mol. The molecule has 0 N–H and O–H groups in total. The molecular formula is C14H13BrClN3S. The Balaban J connectivity index is 1.96. The van der Waals surface area contributed by atoms with Gasteiger partial charge in [0.15, 0.2) is 5.82 Å². The Morgan fingerprint density at radius 1 is 1.35 bits per heavy atom. The minimum absolute atomic E-state index is 0.767. The second kappa shape index (κ2) is 5.76. The lowest BCUT2D eigenvalue weighted by molar-refractivity contribution is 0.909. The zero-order chi connectivity index (χ0) is 14.1. The standard InChI is InChI=1S/C14H13BrClN3S/c1-18(9-10-5-6-12(16)20-10)14-11(8-15)19-7-3-2-4-13(19)17-14/h2-7H,8-9H2,1H3. The number of hydrogen-bond acceptors (Lipinski definition) is 3. The van der Waals surface area contributed by atoms with Crippen LogP contribution in [0.4, 0.5) is 5.82 Å². The number of imidazole rings is 1. The van der Waals surface area contributed by atoms with E-state index in [1.165, 1.54) is 4.88 Å². The number of aromatic nitrogens is 2. The molecule has 0 aliphatic heterocycles. The molecule has 0 aliphatic rings. The molecule has 0 saturated heterocycles. The Bertz CT molecular complexity index is 737. The molecule has 0 unspecified atom stereocenters. The van der Waals surface area contributed by atoms with Gasteiger partial charge in [0.1, 0.15) is 5.65 Å². The Labute approximate surface area is 134 Å². The summed E-state index contributed by atoms with van der Waals surface area (Å²) in [6.45, 7) is 0.807. The van der Waals surface area contributed by atoms with Gasteiger partial charge in [0.25, 0.3) is 0 Å². The molecule has 6 heteroatoms. The zero-order valence-corrected chi connectivity index (χ0v) is 14.0. The van der Waals surface area contributed by atoms with Crippen LogP contribution in [0.25, 0.3) is 5.65 Å². The number of hydrogen-bond donors (Lipinski definition) is 0. The van der Waals surface area contributed by atoms with Gasteiger partial charge >= 0.3 is 0 Å². The fourth-order valence-corrected chi connectivity index (χ4v) is 3.87. The SMILES string of the molecule is CN(Cc1ccc(Cl)s1)c1nc2ccccn2c1CBr. The molecule has 0 atom stereocenters. The maximum Gasteiger partial charge on any atom is 0.152 e. The van der Waals surface area contributed by atoms with Crippen LogP contribution >= 0.6 is 38.9 Å². The first-order valence-electron chi connectivity index (χ1n) is 6.16. The highest BCUT2D eigenvalue weighted by Gasteiger charge is 2.15. The van der Waals surface area contributed by atoms with Gasteiger partial charge < -0.3 is 9.30 Å². The van der Waals surface area contributed by atoms with Crippen LogP contribution in [-0.4, -0.2) is 16.4 Å². The van der Waals surface area contributed by atoms with E-state index in [4.69, 9.17) is 16.6 Å². The lowest BCUT2D eigenvalue weighted by Gasteiger charge is -2.16. The van der Waals surface area contributed by atoms with Crippen molar-refractivity contribution in [2.75, 3.05) is 11.9 Å². The molecule has 0 spiro atoms. The van der Waals surface area contributed by atoms with E-state index in [9.17, 15) is 0 Å². The van der Waals surface area contributed by atoms with Gasteiger partial charge in [0.05, 0.1) is 16.6 Å². The summed E-state index contributed by atoms with van der Waals surface area (Å²) in [4.78, 5) is 8.11. The van der Waals surface area contributed by atoms with Gasteiger partial charge in [-0.05, 0) is 24.3 Å². The number of pyridine rings is 1. The largest absolute Gasteiger partial charge is 0.353 e. The first-order chi connectivity index (χ1) is 9.69. The van der Waals surface area contributed by atoms with Gasteiger partial charge in [-0.25, -0.2) is 4.98 Å². The van der Waals surface area contributed by atoms with Gasteiger partial charge in [-0.2, -0.15) is 0 Å². The van der Waals surface area contributed by atoms with E-state index in [0.717, 1.165) is 33.4 Å². The molecule has 0 bridgehead atoms. The fourth-order valence-electron chi connectivity index (χ4n) is 2.21. The molecule has 0 amide bonds. The van der Waals surface area contributed by atoms with Crippen molar-refractivity contribution in [3.05, 3.63) is 51.4 Å². The Hall–Kier alpha value is -1.04. The predicted octanol–water partition coefficient (Wildman–Crippen LogP) is 4.58. The van der Waals surface area contributed by atoms with Crippen molar-refractivity contribution in [1.29, 1.82) is 0 Å². The van der Waals surface area contributed by atoms with Crippen molar-refractivity contribution in [3.8, 4) is 0 Å². The van der Waals surface area contributed by atoms with Crippen LogP contribution in [0.2, 0.25) is 4.34 Å². The number of anilines is 1. The van der Waals surface area contributed by atoms with Crippen LogP contribution in [0.5, 0.6) is 0 Å². The number of nitrogens with zero attached hydrogens (tertiary/aromatic N) is 3. The molecule has 3 rings (SSSR count). The molecule has 3 aromatic rings. The van der Waals surface area contributed by atoms with E-state index < -0.39 is 0 Å². The van der Waals surface area contributed by atoms with Gasteiger partial charge in [0.2, 0.25) is 0 Å². The van der Waals surface area contributed by atoms with Gasteiger partial charge in [-0.3, -0.25) is 0 Å². The third-order valence-corrected chi connectivity index (χ3v) is 4.86. The average molecular weight is 371 g/mol. The smallest absolute Gasteiger partial charge is 0.152 e. The number of alkyl halides is 1. The maximum atomic E-state index is 5.99. The highest BCUT2D eigenvalue weighted by atomic mass is 79.9. The highest BCUT2D eigenvalue weighted by Crippen LogP contribution is 2.27. The molecule has 3 heterocycles. The molecule has 3 aromatic heterocycles. The molecule has 104 valence electrons. The van der Waals surface area contributed by atoms with Crippen LogP contribution in [0.1, 0.15) is 10.6 Å². The summed E-state index contributed by atoms with van der Waals surface area (Å²) in [5, 5.41) is 0.767. The van der Waals surface area contributed by atoms with Crippen LogP contribution in [0, 0.1) is 0 Å². The summed E-state index contributed by atoms with van der Waals surface area (Å²) in [6.07, 6.45) is 2.04. The molecular weight excluding hydrogens is 358 g/mol. The Morgan fingerprint density at radius 2 is 2.20 bits per heavy atom. The molecule has 20 heavy (non-hydrogen) atoms. The third-order valence-electron chi connectivity index (χ3n) is 3.12. The van der Waals surface area contributed by atoms with Gasteiger partial charge in [-0.1, -0.05) is 33.6 Å². The summed E-state index contributed by atoms with van der Waals surface area (Å²) in [7, 11) is 2.06. The van der Waals surface area contributed by atoms with Crippen LogP contribution in [0.3, 0.4) is 0 Å². The lowest BCUT2D eigenvalue weighted by atomic mass is 10.4. The number of rotatable bonds is 4. The average Bonchev–Trinajstić information content (AvgIpc) is 3.01. The number of halogens is 2. The van der Waals surface area contributed by atoms with E-state index in [2.05, 4.69) is 38.3 Å². The quantitative estimate of drug-likeness (QED) is 0.627. The molecule has 0 aliphatic carbocycles. The summed E-state index contributed by atoms with van der Waals surface area (Å²) >= 11 is 11.2. The third kappa shape index (κ3) is 2.57. The van der Waals surface area contributed by atoms with Crippen molar-refractivity contribution in [2.24, 2.45) is 0 Å². The summed E-state index contributed by atoms with van der Waals surface area (Å²) in [6, 6.07) is 10.0. The van der Waals surface area contributed by atoms with E-state index in [-0.39, 0.29) is 0 Å². The zero-order valence-electron chi connectivity index (χ0n) is 10.9. The van der Waals surface area contributed by atoms with Crippen LogP contribution in [0.15, 0.2) is 36.5 Å². The van der Waals surface area contributed by atoms with Gasteiger partial charge in [0, 0.05) is 23.5 Å². The van der Waals surface area contributed by atoms with E-state index in [0.29, 0.717) is 0 Å². The highest BCUT2D eigenvalue weighted by molar-refractivity contribution is 9.08. The van der Waals surface area contributed by atoms with Crippen molar-refractivity contribution in [2.45, 2.75) is 11.9 Å². The predicted molar refractivity (Wildman–Crippen MR) is 89.3 cm³/mol. The van der Waals surface area contributed by atoms with Crippen molar-refractivity contribution >= 4 is 50.3 Å². The maximum absolute atomic E-state index is 5.99. The van der Waals surface area contributed by atoms with E-state index >= 15 is 0 Å². The molecule has 0 saturated carbocycles. The Morgan fingerprint density at radius 3 is 2.90 bits per heavy atom. The first kappa shape index (κ1) is 13.9. The minimum Gasteiger partial charge on any atom is -0.353 e.